The van der Waals surface area contributed by atoms with Crippen molar-refractivity contribution in [3.63, 3.8) is 0 Å². The third-order valence-corrected chi connectivity index (χ3v) is 3.16. The summed E-state index contributed by atoms with van der Waals surface area (Å²) in [4.78, 5) is 13.9. The Kier molecular flexibility index (Phi) is 6.39. The van der Waals surface area contributed by atoms with E-state index in [0.29, 0.717) is 6.61 Å². The van der Waals surface area contributed by atoms with Crippen molar-refractivity contribution in [2.24, 2.45) is 0 Å². The van der Waals surface area contributed by atoms with Gasteiger partial charge in [0.15, 0.2) is 0 Å². The van der Waals surface area contributed by atoms with Crippen LogP contribution in [0.4, 0.5) is 5.69 Å². The molecular weight excluding hydrogens is 288 g/mol. The molecule has 4 heteroatoms. The number of nitrogens with zero attached hydrogens (tertiary/aromatic N) is 1. The van der Waals surface area contributed by atoms with Crippen molar-refractivity contribution < 1.29 is 9.53 Å². The lowest BCUT2D eigenvalue weighted by Gasteiger charge is -2.11. The largest absolute Gasteiger partial charge is 0.492 e. The van der Waals surface area contributed by atoms with E-state index in [0.717, 1.165) is 23.5 Å². The Bertz CT molecular complexity index is 634. The minimum Gasteiger partial charge on any atom is -0.492 e. The molecule has 120 valence electrons. The Hall–Kier alpha value is -2.59. The molecule has 0 fully saturated rings. The van der Waals surface area contributed by atoms with E-state index in [2.05, 4.69) is 10.2 Å². The lowest BCUT2D eigenvalue weighted by Crippen LogP contribution is -2.19. The number of hydrogen-bond acceptors (Lipinski definition) is 3. The third-order valence-electron chi connectivity index (χ3n) is 3.16. The zero-order chi connectivity index (χ0) is 16.5. The first-order chi connectivity index (χ1) is 11.1. The van der Waals surface area contributed by atoms with E-state index in [1.54, 1.807) is 6.08 Å². The van der Waals surface area contributed by atoms with Gasteiger partial charge in [0.1, 0.15) is 12.4 Å². The molecule has 0 saturated heterocycles. The number of amides is 1. The highest BCUT2D eigenvalue weighted by Crippen LogP contribution is 2.15. The Morgan fingerprint density at radius 1 is 1.09 bits per heavy atom. The second-order valence-corrected chi connectivity index (χ2v) is 5.41. The van der Waals surface area contributed by atoms with Gasteiger partial charge in [0.25, 0.3) is 0 Å². The average molecular weight is 310 g/mol. The van der Waals surface area contributed by atoms with Crippen LogP contribution < -0.4 is 10.1 Å². The molecule has 0 saturated carbocycles. The number of rotatable bonds is 7. The molecule has 0 heterocycles. The highest BCUT2D eigenvalue weighted by atomic mass is 16.5. The summed E-state index contributed by atoms with van der Waals surface area (Å²) < 4.78 is 5.61. The fourth-order valence-electron chi connectivity index (χ4n) is 1.90. The molecule has 2 rings (SSSR count). The van der Waals surface area contributed by atoms with E-state index in [1.807, 2.05) is 68.7 Å². The van der Waals surface area contributed by atoms with Crippen LogP contribution in [0.3, 0.4) is 0 Å². The highest BCUT2D eigenvalue weighted by molar-refractivity contribution is 6.01. The molecule has 4 nitrogen and oxygen atoms in total. The van der Waals surface area contributed by atoms with Crippen LogP contribution in [0.15, 0.2) is 60.7 Å². The van der Waals surface area contributed by atoms with Crippen LogP contribution in [-0.2, 0) is 4.79 Å². The van der Waals surface area contributed by atoms with E-state index < -0.39 is 0 Å². The number of hydrogen-bond donors (Lipinski definition) is 1. The van der Waals surface area contributed by atoms with Crippen LogP contribution in [0.5, 0.6) is 5.75 Å². The van der Waals surface area contributed by atoms with Crippen LogP contribution in [0.2, 0.25) is 0 Å². The summed E-state index contributed by atoms with van der Waals surface area (Å²) in [5.41, 5.74) is 1.74. The number of carbonyl (C=O) groups excluding carboxylic acids is 1. The summed E-state index contributed by atoms with van der Waals surface area (Å²) in [6.07, 6.45) is 3.31. The molecule has 0 bridgehead atoms. The maximum Gasteiger partial charge on any atom is 0.248 e. The van der Waals surface area contributed by atoms with Crippen LogP contribution in [-0.4, -0.2) is 38.1 Å². The molecule has 0 aliphatic carbocycles. The van der Waals surface area contributed by atoms with Gasteiger partial charge in [-0.2, -0.15) is 0 Å². The SMILES string of the molecule is CN(C)CCOc1ccc(NC(=O)C=Cc2ccccc2)cc1. The first-order valence-corrected chi connectivity index (χ1v) is 7.55. The normalized spacial score (nSPS) is 10.9. The maximum absolute atomic E-state index is 11.9. The van der Waals surface area contributed by atoms with Crippen molar-refractivity contribution in [2.75, 3.05) is 32.6 Å². The van der Waals surface area contributed by atoms with Gasteiger partial charge >= 0.3 is 0 Å². The van der Waals surface area contributed by atoms with Gasteiger partial charge in [-0.3, -0.25) is 4.79 Å². The van der Waals surface area contributed by atoms with Crippen molar-refractivity contribution >= 4 is 17.7 Å². The molecule has 0 aliphatic heterocycles. The van der Waals surface area contributed by atoms with Gasteiger partial charge in [-0.05, 0) is 50.0 Å². The predicted molar refractivity (Wildman–Crippen MR) is 94.6 cm³/mol. The first kappa shape index (κ1) is 16.8. The van der Waals surface area contributed by atoms with E-state index in [-0.39, 0.29) is 5.91 Å². The molecule has 1 amide bonds. The number of benzene rings is 2. The topological polar surface area (TPSA) is 41.6 Å². The molecule has 2 aromatic carbocycles. The monoisotopic (exact) mass is 310 g/mol. The van der Waals surface area contributed by atoms with Crippen LogP contribution in [0.1, 0.15) is 5.56 Å². The van der Waals surface area contributed by atoms with E-state index in [1.165, 1.54) is 6.08 Å². The molecular formula is C19H22N2O2. The summed E-state index contributed by atoms with van der Waals surface area (Å²) in [6.45, 7) is 1.50. The van der Waals surface area contributed by atoms with Gasteiger partial charge in [-0.25, -0.2) is 0 Å². The van der Waals surface area contributed by atoms with Gasteiger partial charge in [0, 0.05) is 18.3 Å². The molecule has 23 heavy (non-hydrogen) atoms. The Balaban J connectivity index is 1.83. The van der Waals surface area contributed by atoms with E-state index in [4.69, 9.17) is 4.74 Å². The molecule has 1 N–H and O–H groups in total. The van der Waals surface area contributed by atoms with Crippen LogP contribution in [0, 0.1) is 0 Å². The summed E-state index contributed by atoms with van der Waals surface area (Å²) in [5, 5.41) is 2.82. The van der Waals surface area contributed by atoms with Gasteiger partial charge in [-0.15, -0.1) is 0 Å². The molecule has 2 aromatic rings. The van der Waals surface area contributed by atoms with Gasteiger partial charge in [-0.1, -0.05) is 30.3 Å². The summed E-state index contributed by atoms with van der Waals surface area (Å²) in [6, 6.07) is 17.1. The van der Waals surface area contributed by atoms with Gasteiger partial charge in [0.05, 0.1) is 0 Å². The predicted octanol–water partition coefficient (Wildman–Crippen LogP) is 3.28. The second kappa shape index (κ2) is 8.76. The lowest BCUT2D eigenvalue weighted by atomic mass is 10.2. The summed E-state index contributed by atoms with van der Waals surface area (Å²) in [5.74, 6) is 0.639. The second-order valence-electron chi connectivity index (χ2n) is 5.41. The lowest BCUT2D eigenvalue weighted by molar-refractivity contribution is -0.111. The zero-order valence-electron chi connectivity index (χ0n) is 13.5. The number of carbonyl (C=O) groups is 1. The molecule has 0 spiro atoms. The fraction of sp³-hybridized carbons (Fsp3) is 0.211. The van der Waals surface area contributed by atoms with Crippen molar-refractivity contribution in [3.05, 3.63) is 66.2 Å². The number of nitrogens with one attached hydrogen (secondary N) is 1. The van der Waals surface area contributed by atoms with E-state index >= 15 is 0 Å². The Morgan fingerprint density at radius 3 is 2.43 bits per heavy atom. The first-order valence-electron chi connectivity index (χ1n) is 7.55. The van der Waals surface area contributed by atoms with Crippen LogP contribution >= 0.6 is 0 Å². The fourth-order valence-corrected chi connectivity index (χ4v) is 1.90. The van der Waals surface area contributed by atoms with Crippen molar-refractivity contribution in [2.45, 2.75) is 0 Å². The number of anilines is 1. The summed E-state index contributed by atoms with van der Waals surface area (Å²) >= 11 is 0. The van der Waals surface area contributed by atoms with Crippen molar-refractivity contribution in [1.82, 2.24) is 4.90 Å². The quantitative estimate of drug-likeness (QED) is 0.798. The molecule has 0 aliphatic rings. The van der Waals surface area contributed by atoms with Crippen molar-refractivity contribution in [3.8, 4) is 5.75 Å². The van der Waals surface area contributed by atoms with Gasteiger partial charge < -0.3 is 15.0 Å². The number of likely N-dealkylation sites (N-methyl/N-ethyl adjacent to an activating group) is 1. The minimum absolute atomic E-state index is 0.157. The van der Waals surface area contributed by atoms with Crippen molar-refractivity contribution in [1.29, 1.82) is 0 Å². The zero-order valence-corrected chi connectivity index (χ0v) is 13.5. The third kappa shape index (κ3) is 6.36. The number of ether oxygens (including phenoxy) is 1. The molecule has 0 atom stereocenters. The average Bonchev–Trinajstić information content (AvgIpc) is 2.55. The van der Waals surface area contributed by atoms with Crippen LogP contribution in [0.25, 0.3) is 6.08 Å². The van der Waals surface area contributed by atoms with Gasteiger partial charge in [0.2, 0.25) is 5.91 Å². The van der Waals surface area contributed by atoms with E-state index in [9.17, 15) is 4.79 Å². The maximum atomic E-state index is 11.9. The smallest absolute Gasteiger partial charge is 0.248 e. The highest BCUT2D eigenvalue weighted by Gasteiger charge is 1.99. The Labute approximate surface area is 137 Å². The molecule has 0 unspecified atom stereocenters. The summed E-state index contributed by atoms with van der Waals surface area (Å²) in [7, 11) is 4.01. The Morgan fingerprint density at radius 2 is 1.78 bits per heavy atom. The molecule has 0 aromatic heterocycles. The minimum atomic E-state index is -0.157. The molecule has 0 radical (unpaired) electrons. The standard InChI is InChI=1S/C19H22N2O2/c1-21(2)14-15-23-18-11-9-17(10-12-18)20-19(22)13-8-16-6-4-3-5-7-16/h3-13H,14-15H2,1-2H3,(H,20,22).